The van der Waals surface area contributed by atoms with Gasteiger partial charge in [-0.05, 0) is 40.8 Å². The Kier molecular flexibility index (Phi) is 5.47. The van der Waals surface area contributed by atoms with Crippen LogP contribution in [0.1, 0.15) is 34.6 Å². The highest BCUT2D eigenvalue weighted by Crippen LogP contribution is 2.33. The molecule has 0 aliphatic carbocycles. The van der Waals surface area contributed by atoms with Gasteiger partial charge in [0, 0.05) is 44.9 Å². The van der Waals surface area contributed by atoms with Crippen molar-refractivity contribution >= 4 is 15.7 Å². The lowest BCUT2D eigenvalue weighted by atomic mass is 9.86. The lowest BCUT2D eigenvalue weighted by molar-refractivity contribution is -0.132. The van der Waals surface area contributed by atoms with Gasteiger partial charge < -0.3 is 4.90 Å². The number of hydrogen-bond acceptors (Lipinski definition) is 4. The van der Waals surface area contributed by atoms with E-state index in [-0.39, 0.29) is 11.8 Å². The SMILES string of the molecule is Cn1cc(C2CN(C(=O)CCc3ccc(S(C)(=O)=O)cc3)Cc3ccccc32)cn1. The monoisotopic (exact) mass is 423 g/mol. The van der Waals surface area contributed by atoms with Gasteiger partial charge in [0.1, 0.15) is 0 Å². The van der Waals surface area contributed by atoms with Crippen molar-refractivity contribution in [1.82, 2.24) is 14.7 Å². The second-order valence-electron chi connectivity index (χ2n) is 7.89. The topological polar surface area (TPSA) is 72.3 Å². The minimum absolute atomic E-state index is 0.102. The van der Waals surface area contributed by atoms with Crippen molar-refractivity contribution in [3.63, 3.8) is 0 Å². The Hall–Kier alpha value is -2.93. The minimum Gasteiger partial charge on any atom is -0.337 e. The average Bonchev–Trinajstić information content (AvgIpc) is 3.17. The van der Waals surface area contributed by atoms with Crippen LogP contribution in [0, 0.1) is 0 Å². The fraction of sp³-hybridized carbons (Fsp3) is 0.304. The standard InChI is InChI=1S/C23H25N3O3S/c1-25-14-19(13-24-25)22-16-26(15-18-5-3-4-6-21(18)22)23(27)12-9-17-7-10-20(11-8-17)30(2,28)29/h3-8,10-11,13-14,22H,9,12,15-16H2,1-2H3. The van der Waals surface area contributed by atoms with Crippen LogP contribution in [-0.4, -0.2) is 41.8 Å². The molecule has 1 aliphatic heterocycles. The van der Waals surface area contributed by atoms with Crippen molar-refractivity contribution < 1.29 is 13.2 Å². The Morgan fingerprint density at radius 1 is 1.13 bits per heavy atom. The molecule has 4 rings (SSSR count). The predicted octanol–water partition coefficient (Wildman–Crippen LogP) is 2.93. The maximum Gasteiger partial charge on any atom is 0.223 e. The molecular weight excluding hydrogens is 398 g/mol. The fourth-order valence-corrected chi connectivity index (χ4v) is 4.65. The smallest absolute Gasteiger partial charge is 0.223 e. The summed E-state index contributed by atoms with van der Waals surface area (Å²) in [6, 6.07) is 15.0. The summed E-state index contributed by atoms with van der Waals surface area (Å²) in [4.78, 5) is 15.2. The van der Waals surface area contributed by atoms with Gasteiger partial charge in [0.25, 0.3) is 0 Å². The van der Waals surface area contributed by atoms with Crippen LogP contribution < -0.4 is 0 Å². The van der Waals surface area contributed by atoms with E-state index in [9.17, 15) is 13.2 Å². The summed E-state index contributed by atoms with van der Waals surface area (Å²) >= 11 is 0. The molecule has 1 aliphatic rings. The van der Waals surface area contributed by atoms with E-state index in [2.05, 4.69) is 17.2 Å². The van der Waals surface area contributed by atoms with Crippen LogP contribution in [0.25, 0.3) is 0 Å². The van der Waals surface area contributed by atoms with Crippen molar-refractivity contribution in [2.24, 2.45) is 7.05 Å². The zero-order valence-electron chi connectivity index (χ0n) is 17.2. The minimum atomic E-state index is -3.21. The van der Waals surface area contributed by atoms with Crippen molar-refractivity contribution in [1.29, 1.82) is 0 Å². The summed E-state index contributed by atoms with van der Waals surface area (Å²) in [7, 11) is -1.31. The maximum absolute atomic E-state index is 13.0. The van der Waals surface area contributed by atoms with E-state index in [0.717, 1.165) is 11.1 Å². The highest BCUT2D eigenvalue weighted by Gasteiger charge is 2.29. The van der Waals surface area contributed by atoms with Gasteiger partial charge in [-0.3, -0.25) is 9.48 Å². The maximum atomic E-state index is 13.0. The van der Waals surface area contributed by atoms with Gasteiger partial charge in [-0.15, -0.1) is 0 Å². The van der Waals surface area contributed by atoms with Crippen LogP contribution in [0.3, 0.4) is 0 Å². The highest BCUT2D eigenvalue weighted by atomic mass is 32.2. The highest BCUT2D eigenvalue weighted by molar-refractivity contribution is 7.90. The van der Waals surface area contributed by atoms with Crippen molar-refractivity contribution in [3.05, 3.63) is 83.2 Å². The first-order chi connectivity index (χ1) is 14.3. The number of hydrogen-bond donors (Lipinski definition) is 0. The van der Waals surface area contributed by atoms with Gasteiger partial charge in [-0.1, -0.05) is 36.4 Å². The quantitative estimate of drug-likeness (QED) is 0.633. The Morgan fingerprint density at radius 2 is 1.87 bits per heavy atom. The summed E-state index contributed by atoms with van der Waals surface area (Å²) in [5.74, 6) is 0.215. The van der Waals surface area contributed by atoms with Gasteiger partial charge in [0.15, 0.2) is 9.84 Å². The van der Waals surface area contributed by atoms with E-state index in [0.29, 0.717) is 30.8 Å². The van der Waals surface area contributed by atoms with Crippen LogP contribution in [0.5, 0.6) is 0 Å². The van der Waals surface area contributed by atoms with Gasteiger partial charge >= 0.3 is 0 Å². The molecular formula is C23H25N3O3S. The summed E-state index contributed by atoms with van der Waals surface area (Å²) in [5.41, 5.74) is 4.49. The lowest BCUT2D eigenvalue weighted by Crippen LogP contribution is -2.38. The van der Waals surface area contributed by atoms with Crippen LogP contribution >= 0.6 is 0 Å². The Balaban J connectivity index is 1.48. The molecule has 1 unspecified atom stereocenters. The van der Waals surface area contributed by atoms with E-state index < -0.39 is 9.84 Å². The molecule has 6 nitrogen and oxygen atoms in total. The van der Waals surface area contributed by atoms with Crippen LogP contribution in [0.15, 0.2) is 65.8 Å². The molecule has 1 amide bonds. The van der Waals surface area contributed by atoms with E-state index in [4.69, 9.17) is 0 Å². The molecule has 0 N–H and O–H groups in total. The van der Waals surface area contributed by atoms with E-state index in [1.807, 2.05) is 36.5 Å². The van der Waals surface area contributed by atoms with Crippen molar-refractivity contribution in [3.8, 4) is 0 Å². The molecule has 0 radical (unpaired) electrons. The van der Waals surface area contributed by atoms with Gasteiger partial charge in [0.05, 0.1) is 11.1 Å². The molecule has 1 atom stereocenters. The fourth-order valence-electron chi connectivity index (χ4n) is 4.01. The molecule has 0 fully saturated rings. The van der Waals surface area contributed by atoms with Crippen LogP contribution in [-0.2, 0) is 34.6 Å². The second kappa shape index (κ2) is 8.07. The third-order valence-electron chi connectivity index (χ3n) is 5.65. The van der Waals surface area contributed by atoms with E-state index >= 15 is 0 Å². The zero-order chi connectivity index (χ0) is 21.3. The number of fused-ring (bicyclic) bond motifs is 1. The molecule has 156 valence electrons. The predicted molar refractivity (Wildman–Crippen MR) is 115 cm³/mol. The first kappa shape index (κ1) is 20.3. The normalized spacial score (nSPS) is 16.3. The van der Waals surface area contributed by atoms with Crippen molar-refractivity contribution in [2.45, 2.75) is 30.2 Å². The molecule has 0 bridgehead atoms. The molecule has 3 aromatic rings. The molecule has 0 spiro atoms. The number of carbonyl (C=O) groups excluding carboxylic acids is 1. The third-order valence-corrected chi connectivity index (χ3v) is 6.78. The molecule has 1 aromatic heterocycles. The number of aromatic nitrogens is 2. The summed E-state index contributed by atoms with van der Waals surface area (Å²) in [5, 5.41) is 4.31. The largest absolute Gasteiger partial charge is 0.337 e. The summed E-state index contributed by atoms with van der Waals surface area (Å²) in [6.07, 6.45) is 6.05. The van der Waals surface area contributed by atoms with Gasteiger partial charge in [-0.25, -0.2) is 8.42 Å². The Bertz CT molecular complexity index is 1170. The number of rotatable bonds is 5. The molecule has 2 aromatic carbocycles. The molecule has 7 heteroatoms. The lowest BCUT2D eigenvalue weighted by Gasteiger charge is -2.34. The van der Waals surface area contributed by atoms with Crippen LogP contribution in [0.4, 0.5) is 0 Å². The number of nitrogens with zero attached hydrogens (tertiary/aromatic N) is 3. The second-order valence-corrected chi connectivity index (χ2v) is 9.90. The number of aryl methyl sites for hydroxylation is 2. The Morgan fingerprint density at radius 3 is 2.53 bits per heavy atom. The average molecular weight is 424 g/mol. The summed E-state index contributed by atoms with van der Waals surface area (Å²) in [6.45, 7) is 1.24. The number of sulfone groups is 1. The first-order valence-electron chi connectivity index (χ1n) is 9.94. The summed E-state index contributed by atoms with van der Waals surface area (Å²) < 4.78 is 25.0. The molecule has 30 heavy (non-hydrogen) atoms. The zero-order valence-corrected chi connectivity index (χ0v) is 18.0. The Labute approximate surface area is 177 Å². The molecule has 0 saturated heterocycles. The first-order valence-corrected chi connectivity index (χ1v) is 11.8. The van der Waals surface area contributed by atoms with Crippen molar-refractivity contribution in [2.75, 3.05) is 12.8 Å². The van der Waals surface area contributed by atoms with Gasteiger partial charge in [-0.2, -0.15) is 5.10 Å². The van der Waals surface area contributed by atoms with E-state index in [1.54, 1.807) is 28.9 Å². The number of carbonyl (C=O) groups is 1. The molecule has 0 saturated carbocycles. The third kappa shape index (κ3) is 4.31. The van der Waals surface area contributed by atoms with Crippen LogP contribution in [0.2, 0.25) is 0 Å². The number of benzene rings is 2. The van der Waals surface area contributed by atoms with Gasteiger partial charge in [0.2, 0.25) is 5.91 Å². The number of amides is 1. The van der Waals surface area contributed by atoms with E-state index in [1.165, 1.54) is 17.4 Å². The molecule has 2 heterocycles.